The van der Waals surface area contributed by atoms with Crippen LogP contribution in [0.4, 0.5) is 11.4 Å². The van der Waals surface area contributed by atoms with E-state index in [0.717, 1.165) is 22.1 Å². The maximum atomic E-state index is 12.6. The Labute approximate surface area is 168 Å². The number of sulfonamides is 1. The minimum Gasteiger partial charge on any atom is -0.369 e. The van der Waals surface area contributed by atoms with Crippen molar-refractivity contribution in [2.75, 3.05) is 30.4 Å². The Kier molecular flexibility index (Phi) is 7.21. The fourth-order valence-corrected chi connectivity index (χ4v) is 4.09. The van der Waals surface area contributed by atoms with Gasteiger partial charge in [-0.15, -0.1) is 0 Å². The first-order valence-corrected chi connectivity index (χ1v) is 10.8. The fraction of sp³-hybridized carbons (Fsp3) is 0.381. The summed E-state index contributed by atoms with van der Waals surface area (Å²) in [4.78, 5) is 14.7. The second-order valence-corrected chi connectivity index (χ2v) is 9.09. The van der Waals surface area contributed by atoms with E-state index in [4.69, 9.17) is 0 Å². The van der Waals surface area contributed by atoms with Crippen LogP contribution in [0.1, 0.15) is 26.3 Å². The second kappa shape index (κ2) is 9.21. The summed E-state index contributed by atoms with van der Waals surface area (Å²) in [5, 5.41) is 2.76. The van der Waals surface area contributed by atoms with Gasteiger partial charge in [0.2, 0.25) is 15.9 Å². The SMILES string of the molecule is CCN(c1ccc(NC(=O)CN(C)S(=O)(=O)c2ccc(C)cc2)cc1)C(C)C. The number of carbonyl (C=O) groups excluding carboxylic acids is 1. The van der Waals surface area contributed by atoms with E-state index in [2.05, 4.69) is 31.0 Å². The van der Waals surface area contributed by atoms with Crippen LogP contribution in [0.5, 0.6) is 0 Å². The number of carbonyl (C=O) groups is 1. The summed E-state index contributed by atoms with van der Waals surface area (Å²) in [6, 6.07) is 14.5. The molecule has 0 saturated carbocycles. The number of nitrogens with zero attached hydrogens (tertiary/aromatic N) is 2. The summed E-state index contributed by atoms with van der Waals surface area (Å²) in [5.41, 5.74) is 2.69. The molecule has 1 amide bonds. The molecule has 2 rings (SSSR count). The van der Waals surface area contributed by atoms with Crippen molar-refractivity contribution in [3.63, 3.8) is 0 Å². The van der Waals surface area contributed by atoms with Gasteiger partial charge >= 0.3 is 0 Å². The van der Waals surface area contributed by atoms with Crippen molar-refractivity contribution in [1.29, 1.82) is 0 Å². The first-order chi connectivity index (χ1) is 13.1. The van der Waals surface area contributed by atoms with E-state index in [1.807, 2.05) is 31.2 Å². The second-order valence-electron chi connectivity index (χ2n) is 7.05. The van der Waals surface area contributed by atoms with Gasteiger partial charge in [-0.1, -0.05) is 17.7 Å². The first kappa shape index (κ1) is 21.9. The van der Waals surface area contributed by atoms with Crippen LogP contribution in [0.2, 0.25) is 0 Å². The van der Waals surface area contributed by atoms with Crippen molar-refractivity contribution in [3.8, 4) is 0 Å². The van der Waals surface area contributed by atoms with E-state index in [0.29, 0.717) is 11.7 Å². The Morgan fingerprint density at radius 3 is 2.11 bits per heavy atom. The fourth-order valence-electron chi connectivity index (χ4n) is 2.96. The van der Waals surface area contributed by atoms with Crippen LogP contribution in [0, 0.1) is 6.92 Å². The number of anilines is 2. The Morgan fingerprint density at radius 1 is 1.04 bits per heavy atom. The van der Waals surface area contributed by atoms with Crippen LogP contribution in [-0.4, -0.2) is 44.8 Å². The maximum absolute atomic E-state index is 12.6. The van der Waals surface area contributed by atoms with Crippen LogP contribution in [0.3, 0.4) is 0 Å². The number of rotatable bonds is 8. The number of nitrogens with one attached hydrogen (secondary N) is 1. The number of hydrogen-bond acceptors (Lipinski definition) is 4. The molecule has 0 aliphatic carbocycles. The summed E-state index contributed by atoms with van der Waals surface area (Å²) in [6.07, 6.45) is 0. The van der Waals surface area contributed by atoms with Gasteiger partial charge in [0.1, 0.15) is 0 Å². The molecule has 2 aromatic carbocycles. The van der Waals surface area contributed by atoms with E-state index >= 15 is 0 Å². The number of aryl methyl sites for hydroxylation is 1. The van der Waals surface area contributed by atoms with Crippen LogP contribution >= 0.6 is 0 Å². The van der Waals surface area contributed by atoms with Crippen LogP contribution in [-0.2, 0) is 14.8 Å². The zero-order chi connectivity index (χ0) is 20.9. The third-order valence-electron chi connectivity index (χ3n) is 4.54. The van der Waals surface area contributed by atoms with Gasteiger partial charge in [0, 0.05) is 31.0 Å². The number of likely N-dealkylation sites (N-methyl/N-ethyl adjacent to an activating group) is 1. The lowest BCUT2D eigenvalue weighted by atomic mass is 10.2. The Bertz CT molecular complexity index is 891. The highest BCUT2D eigenvalue weighted by atomic mass is 32.2. The molecule has 0 aliphatic rings. The molecular formula is C21H29N3O3S. The Balaban J connectivity index is 2.02. The standard InChI is InChI=1S/C21H29N3O3S/c1-6-24(16(2)3)19-11-9-18(10-12-19)22-21(25)15-23(5)28(26,27)20-13-7-17(4)8-14-20/h7-14,16H,6,15H2,1-5H3,(H,22,25). The maximum Gasteiger partial charge on any atom is 0.243 e. The molecule has 2 aromatic rings. The Hall–Kier alpha value is -2.38. The summed E-state index contributed by atoms with van der Waals surface area (Å²) in [6.45, 7) is 8.88. The van der Waals surface area contributed by atoms with Gasteiger partial charge < -0.3 is 10.2 Å². The average molecular weight is 404 g/mol. The van der Waals surface area contributed by atoms with Gasteiger partial charge in [-0.3, -0.25) is 4.79 Å². The molecular weight excluding hydrogens is 374 g/mol. The zero-order valence-electron chi connectivity index (χ0n) is 17.1. The zero-order valence-corrected chi connectivity index (χ0v) is 18.0. The molecule has 0 atom stereocenters. The summed E-state index contributed by atoms with van der Waals surface area (Å²) >= 11 is 0. The van der Waals surface area contributed by atoms with E-state index < -0.39 is 10.0 Å². The average Bonchev–Trinajstić information content (AvgIpc) is 2.63. The predicted molar refractivity (Wildman–Crippen MR) is 114 cm³/mol. The van der Waals surface area contributed by atoms with Gasteiger partial charge in [-0.05, 0) is 64.1 Å². The van der Waals surface area contributed by atoms with E-state index in [1.54, 1.807) is 24.3 Å². The topological polar surface area (TPSA) is 69.7 Å². The molecule has 152 valence electrons. The van der Waals surface area contributed by atoms with Crippen molar-refractivity contribution in [2.24, 2.45) is 0 Å². The molecule has 0 heterocycles. The molecule has 0 aliphatic heterocycles. The van der Waals surface area contributed by atoms with E-state index in [9.17, 15) is 13.2 Å². The summed E-state index contributed by atoms with van der Waals surface area (Å²) in [7, 11) is -2.31. The minimum atomic E-state index is -3.71. The van der Waals surface area contributed by atoms with Gasteiger partial charge in [-0.25, -0.2) is 8.42 Å². The third kappa shape index (κ3) is 5.33. The van der Waals surface area contributed by atoms with Crippen LogP contribution < -0.4 is 10.2 Å². The highest BCUT2D eigenvalue weighted by Gasteiger charge is 2.22. The molecule has 28 heavy (non-hydrogen) atoms. The lowest BCUT2D eigenvalue weighted by molar-refractivity contribution is -0.116. The highest BCUT2D eigenvalue weighted by molar-refractivity contribution is 7.89. The molecule has 0 bridgehead atoms. The smallest absolute Gasteiger partial charge is 0.243 e. The molecule has 7 heteroatoms. The van der Waals surface area contributed by atoms with Crippen LogP contribution in [0.25, 0.3) is 0 Å². The number of hydrogen-bond donors (Lipinski definition) is 1. The van der Waals surface area contributed by atoms with Crippen molar-refractivity contribution >= 4 is 27.3 Å². The molecule has 0 saturated heterocycles. The predicted octanol–water partition coefficient (Wildman–Crippen LogP) is 3.49. The molecule has 0 fully saturated rings. The van der Waals surface area contributed by atoms with Gasteiger partial charge in [0.05, 0.1) is 11.4 Å². The van der Waals surface area contributed by atoms with Gasteiger partial charge in [0.15, 0.2) is 0 Å². The van der Waals surface area contributed by atoms with Crippen LogP contribution in [0.15, 0.2) is 53.4 Å². The quantitative estimate of drug-likeness (QED) is 0.732. The van der Waals surface area contributed by atoms with Crippen molar-refractivity contribution in [2.45, 2.75) is 38.6 Å². The summed E-state index contributed by atoms with van der Waals surface area (Å²) in [5.74, 6) is -0.387. The van der Waals surface area contributed by atoms with Crippen molar-refractivity contribution in [3.05, 3.63) is 54.1 Å². The molecule has 0 radical (unpaired) electrons. The van der Waals surface area contributed by atoms with Crippen molar-refractivity contribution < 1.29 is 13.2 Å². The van der Waals surface area contributed by atoms with Crippen molar-refractivity contribution in [1.82, 2.24) is 4.31 Å². The molecule has 6 nitrogen and oxygen atoms in total. The lowest BCUT2D eigenvalue weighted by Gasteiger charge is -2.27. The number of benzene rings is 2. The third-order valence-corrected chi connectivity index (χ3v) is 6.36. The summed E-state index contributed by atoms with van der Waals surface area (Å²) < 4.78 is 26.2. The Morgan fingerprint density at radius 2 is 1.61 bits per heavy atom. The normalized spacial score (nSPS) is 11.7. The largest absolute Gasteiger partial charge is 0.369 e. The molecule has 0 aromatic heterocycles. The van der Waals surface area contributed by atoms with Gasteiger partial charge in [-0.2, -0.15) is 4.31 Å². The van der Waals surface area contributed by atoms with E-state index in [1.165, 1.54) is 7.05 Å². The minimum absolute atomic E-state index is 0.172. The molecule has 1 N–H and O–H groups in total. The van der Waals surface area contributed by atoms with E-state index in [-0.39, 0.29) is 17.3 Å². The monoisotopic (exact) mass is 403 g/mol. The molecule has 0 unspecified atom stereocenters. The number of amides is 1. The van der Waals surface area contributed by atoms with Gasteiger partial charge in [0.25, 0.3) is 0 Å². The lowest BCUT2D eigenvalue weighted by Crippen LogP contribution is -2.35. The molecule has 0 spiro atoms. The highest BCUT2D eigenvalue weighted by Crippen LogP contribution is 2.20. The first-order valence-electron chi connectivity index (χ1n) is 9.34.